The van der Waals surface area contributed by atoms with Crippen LogP contribution in [0.1, 0.15) is 49.9 Å². The molecule has 0 aliphatic rings. The Labute approximate surface area is 132 Å². The lowest BCUT2D eigenvalue weighted by Gasteiger charge is -2.18. The third-order valence-corrected chi connectivity index (χ3v) is 3.08. The molecule has 0 bridgehead atoms. The van der Waals surface area contributed by atoms with Gasteiger partial charge in [-0.05, 0) is 25.0 Å². The van der Waals surface area contributed by atoms with Crippen LogP contribution in [-0.2, 0) is 14.2 Å². The van der Waals surface area contributed by atoms with Gasteiger partial charge in [0.15, 0.2) is 6.29 Å². The Bertz CT molecular complexity index is 423. The van der Waals surface area contributed by atoms with E-state index < -0.39 is 12.3 Å². The van der Waals surface area contributed by atoms with Crippen LogP contribution in [0.5, 0.6) is 5.75 Å². The van der Waals surface area contributed by atoms with Crippen molar-refractivity contribution < 1.29 is 24.1 Å². The van der Waals surface area contributed by atoms with Gasteiger partial charge in [-0.1, -0.05) is 38.8 Å². The molecule has 1 aromatic rings. The molecule has 22 heavy (non-hydrogen) atoms. The van der Waals surface area contributed by atoms with Crippen molar-refractivity contribution in [1.82, 2.24) is 0 Å². The molecule has 1 rings (SSSR count). The number of para-hydroxylation sites is 1. The van der Waals surface area contributed by atoms with Gasteiger partial charge >= 0.3 is 5.97 Å². The van der Waals surface area contributed by atoms with Crippen molar-refractivity contribution in [2.75, 3.05) is 19.8 Å². The summed E-state index contributed by atoms with van der Waals surface area (Å²) in [5.74, 6) is -0.677. The Kier molecular flexibility index (Phi) is 9.26. The summed E-state index contributed by atoms with van der Waals surface area (Å²) in [7, 11) is 0. The normalized spacial score (nSPS) is 10.9. The molecule has 0 atom stereocenters. The van der Waals surface area contributed by atoms with Crippen LogP contribution in [0.4, 0.5) is 0 Å². The first kappa shape index (κ1) is 18.5. The molecule has 1 aromatic carbocycles. The Hall–Kier alpha value is -1.59. The second-order valence-electron chi connectivity index (χ2n) is 4.99. The van der Waals surface area contributed by atoms with Gasteiger partial charge in [-0.25, -0.2) is 4.79 Å². The van der Waals surface area contributed by atoms with Gasteiger partial charge in [0, 0.05) is 13.2 Å². The fourth-order valence-corrected chi connectivity index (χ4v) is 1.73. The van der Waals surface area contributed by atoms with Crippen molar-refractivity contribution in [2.45, 2.75) is 45.8 Å². The molecule has 1 N–H and O–H groups in total. The van der Waals surface area contributed by atoms with E-state index in [0.717, 1.165) is 25.7 Å². The highest BCUT2D eigenvalue weighted by Gasteiger charge is 2.16. The highest BCUT2D eigenvalue weighted by Crippen LogP contribution is 2.16. The lowest BCUT2D eigenvalue weighted by molar-refractivity contribution is -0.164. The lowest BCUT2D eigenvalue weighted by atomic mass is 10.2. The van der Waals surface area contributed by atoms with Crippen molar-refractivity contribution in [2.24, 2.45) is 0 Å². The van der Waals surface area contributed by atoms with E-state index in [0.29, 0.717) is 13.2 Å². The predicted molar refractivity (Wildman–Crippen MR) is 83.9 cm³/mol. The van der Waals surface area contributed by atoms with Gasteiger partial charge in [0.25, 0.3) is 0 Å². The fourth-order valence-electron chi connectivity index (χ4n) is 1.73. The number of carbonyl (C=O) groups is 1. The second kappa shape index (κ2) is 11.0. The number of ether oxygens (including phenoxy) is 3. The Morgan fingerprint density at radius 3 is 2.23 bits per heavy atom. The number of benzene rings is 1. The predicted octanol–water partition coefficient (Wildman–Crippen LogP) is 3.51. The zero-order chi connectivity index (χ0) is 16.2. The quantitative estimate of drug-likeness (QED) is 0.385. The zero-order valence-corrected chi connectivity index (χ0v) is 13.4. The van der Waals surface area contributed by atoms with Crippen LogP contribution < -0.4 is 0 Å². The maximum Gasteiger partial charge on any atom is 0.342 e. The number of carbonyl (C=O) groups excluding carboxylic acids is 1. The molecular formula is C17H26O5. The van der Waals surface area contributed by atoms with Gasteiger partial charge < -0.3 is 19.3 Å². The zero-order valence-electron chi connectivity index (χ0n) is 13.4. The number of unbranched alkanes of at least 4 members (excludes halogenated alkanes) is 2. The summed E-state index contributed by atoms with van der Waals surface area (Å²) < 4.78 is 16.4. The van der Waals surface area contributed by atoms with Crippen LogP contribution in [0.3, 0.4) is 0 Å². The van der Waals surface area contributed by atoms with Crippen molar-refractivity contribution >= 4 is 5.97 Å². The van der Waals surface area contributed by atoms with Crippen LogP contribution >= 0.6 is 0 Å². The van der Waals surface area contributed by atoms with Gasteiger partial charge in [0.1, 0.15) is 17.9 Å². The first-order chi connectivity index (χ1) is 10.7. The van der Waals surface area contributed by atoms with Gasteiger partial charge in [-0.2, -0.15) is 0 Å². The summed E-state index contributed by atoms with van der Waals surface area (Å²) in [5, 5.41) is 9.63. The minimum absolute atomic E-state index is 0.0145. The SMILES string of the molecule is CCCCOC(COC(=O)c1ccccc1O)OCCCC. The first-order valence-electron chi connectivity index (χ1n) is 7.87. The summed E-state index contributed by atoms with van der Waals surface area (Å²) >= 11 is 0. The number of phenols is 1. The summed E-state index contributed by atoms with van der Waals surface area (Å²) in [6.07, 6.45) is 3.36. The fraction of sp³-hybridized carbons (Fsp3) is 0.588. The van der Waals surface area contributed by atoms with Crippen molar-refractivity contribution in [1.29, 1.82) is 0 Å². The molecule has 0 spiro atoms. The average Bonchev–Trinajstić information content (AvgIpc) is 2.52. The molecule has 0 saturated carbocycles. The van der Waals surface area contributed by atoms with Gasteiger partial charge in [0.05, 0.1) is 0 Å². The van der Waals surface area contributed by atoms with Crippen LogP contribution in [-0.4, -0.2) is 37.2 Å². The number of hydrogen-bond acceptors (Lipinski definition) is 5. The third kappa shape index (κ3) is 6.91. The van der Waals surface area contributed by atoms with Crippen LogP contribution in [0.2, 0.25) is 0 Å². The van der Waals surface area contributed by atoms with Crippen molar-refractivity contribution in [3.05, 3.63) is 29.8 Å². The standard InChI is InChI=1S/C17H26O5/c1-3-5-11-20-16(21-12-6-4-2)13-22-17(19)14-9-7-8-10-15(14)18/h7-10,16,18H,3-6,11-13H2,1-2H3. The van der Waals surface area contributed by atoms with Crippen molar-refractivity contribution in [3.8, 4) is 5.75 Å². The number of esters is 1. The van der Waals surface area contributed by atoms with Crippen molar-refractivity contribution in [3.63, 3.8) is 0 Å². The molecule has 5 nitrogen and oxygen atoms in total. The van der Waals surface area contributed by atoms with E-state index >= 15 is 0 Å². The lowest BCUT2D eigenvalue weighted by Crippen LogP contribution is -2.26. The third-order valence-electron chi connectivity index (χ3n) is 3.08. The van der Waals surface area contributed by atoms with E-state index in [1.807, 2.05) is 0 Å². The minimum Gasteiger partial charge on any atom is -0.507 e. The molecule has 0 aliphatic heterocycles. The van der Waals surface area contributed by atoms with E-state index in [1.165, 1.54) is 12.1 Å². The highest BCUT2D eigenvalue weighted by molar-refractivity contribution is 5.92. The topological polar surface area (TPSA) is 65.0 Å². The molecule has 0 fully saturated rings. The number of rotatable bonds is 11. The first-order valence-corrected chi connectivity index (χ1v) is 7.87. The molecule has 0 unspecified atom stereocenters. The number of aromatic hydroxyl groups is 1. The summed E-state index contributed by atoms with van der Waals surface area (Å²) in [6, 6.07) is 6.28. The van der Waals surface area contributed by atoms with E-state index in [1.54, 1.807) is 12.1 Å². The van der Waals surface area contributed by atoms with E-state index in [4.69, 9.17) is 14.2 Å². The molecule has 124 valence electrons. The molecule has 0 saturated heterocycles. The van der Waals surface area contributed by atoms with E-state index in [2.05, 4.69) is 13.8 Å². The van der Waals surface area contributed by atoms with Gasteiger partial charge in [-0.3, -0.25) is 0 Å². The monoisotopic (exact) mass is 310 g/mol. The molecule has 0 amide bonds. The van der Waals surface area contributed by atoms with Crippen LogP contribution in [0.15, 0.2) is 24.3 Å². The van der Waals surface area contributed by atoms with Gasteiger partial charge in [-0.15, -0.1) is 0 Å². The van der Waals surface area contributed by atoms with Crippen LogP contribution in [0.25, 0.3) is 0 Å². The summed E-state index contributed by atoms with van der Waals surface area (Å²) in [4.78, 5) is 11.9. The summed E-state index contributed by atoms with van der Waals surface area (Å²) in [5.41, 5.74) is 0.142. The Morgan fingerprint density at radius 1 is 1.09 bits per heavy atom. The maximum atomic E-state index is 11.9. The van der Waals surface area contributed by atoms with Crippen LogP contribution in [0, 0.1) is 0 Å². The average molecular weight is 310 g/mol. The molecule has 0 aromatic heterocycles. The smallest absolute Gasteiger partial charge is 0.342 e. The maximum absolute atomic E-state index is 11.9. The largest absolute Gasteiger partial charge is 0.507 e. The minimum atomic E-state index is -0.582. The highest BCUT2D eigenvalue weighted by atomic mass is 16.7. The Balaban J connectivity index is 2.46. The molecule has 5 heteroatoms. The molecule has 0 aliphatic carbocycles. The summed E-state index contributed by atoms with van der Waals surface area (Å²) in [6.45, 7) is 5.31. The second-order valence-corrected chi connectivity index (χ2v) is 4.99. The molecular weight excluding hydrogens is 284 g/mol. The van der Waals surface area contributed by atoms with E-state index in [-0.39, 0.29) is 17.9 Å². The number of phenolic OH excluding ortho intramolecular Hbond substituents is 1. The molecule has 0 heterocycles. The number of hydrogen-bond donors (Lipinski definition) is 1. The van der Waals surface area contributed by atoms with E-state index in [9.17, 15) is 9.90 Å². The van der Waals surface area contributed by atoms with Gasteiger partial charge in [0.2, 0.25) is 0 Å². The Morgan fingerprint density at radius 2 is 1.68 bits per heavy atom. The molecule has 0 radical (unpaired) electrons.